The van der Waals surface area contributed by atoms with Crippen molar-refractivity contribution in [3.05, 3.63) is 18.0 Å². The van der Waals surface area contributed by atoms with E-state index in [0.29, 0.717) is 19.1 Å². The molecule has 0 fully saturated rings. The number of rotatable bonds is 7. The zero-order valence-electron chi connectivity index (χ0n) is 9.72. The highest BCUT2D eigenvalue weighted by Gasteiger charge is 2.05. The molecule has 0 aliphatic carbocycles. The molecule has 1 heterocycles. The van der Waals surface area contributed by atoms with Crippen LogP contribution in [0.3, 0.4) is 0 Å². The van der Waals surface area contributed by atoms with Crippen LogP contribution in [0.2, 0.25) is 0 Å². The van der Waals surface area contributed by atoms with Crippen molar-refractivity contribution in [1.29, 1.82) is 0 Å². The van der Waals surface area contributed by atoms with Gasteiger partial charge in [0.25, 0.3) is 0 Å². The molecule has 0 amide bonds. The Morgan fingerprint density at radius 1 is 1.56 bits per heavy atom. The summed E-state index contributed by atoms with van der Waals surface area (Å²) in [6, 6.07) is 0. The van der Waals surface area contributed by atoms with Gasteiger partial charge < -0.3 is 9.84 Å². The number of aromatic carboxylic acids is 1. The zero-order chi connectivity index (χ0) is 12.0. The van der Waals surface area contributed by atoms with Crippen LogP contribution >= 0.6 is 0 Å². The van der Waals surface area contributed by atoms with Gasteiger partial charge in [-0.15, -0.1) is 0 Å². The number of ether oxygens (including phenoxy) is 1. The van der Waals surface area contributed by atoms with Crippen molar-refractivity contribution in [2.24, 2.45) is 5.92 Å². The second-order valence-corrected chi connectivity index (χ2v) is 4.09. The predicted octanol–water partition coefficient (Wildman–Crippen LogP) is 1.64. The number of hydrogen-bond acceptors (Lipinski definition) is 3. The first-order valence-corrected chi connectivity index (χ1v) is 5.43. The molecular formula is C11H18N2O3. The Bertz CT molecular complexity index is 334. The van der Waals surface area contributed by atoms with Gasteiger partial charge in [-0.1, -0.05) is 13.8 Å². The van der Waals surface area contributed by atoms with Crippen molar-refractivity contribution < 1.29 is 14.6 Å². The smallest absolute Gasteiger partial charge is 0.338 e. The molecule has 0 radical (unpaired) electrons. The molecule has 5 heteroatoms. The molecule has 0 aromatic carbocycles. The van der Waals surface area contributed by atoms with Gasteiger partial charge in [-0.05, 0) is 12.3 Å². The third-order valence-electron chi connectivity index (χ3n) is 2.18. The molecule has 16 heavy (non-hydrogen) atoms. The zero-order valence-corrected chi connectivity index (χ0v) is 9.72. The predicted molar refractivity (Wildman–Crippen MR) is 59.5 cm³/mol. The fraction of sp³-hybridized carbons (Fsp3) is 0.636. The van der Waals surface area contributed by atoms with E-state index < -0.39 is 5.97 Å². The largest absolute Gasteiger partial charge is 0.478 e. The lowest BCUT2D eigenvalue weighted by Crippen LogP contribution is -2.08. The minimum Gasteiger partial charge on any atom is -0.478 e. The highest BCUT2D eigenvalue weighted by atomic mass is 16.5. The van der Waals surface area contributed by atoms with Crippen LogP contribution in [0, 0.1) is 5.92 Å². The van der Waals surface area contributed by atoms with Gasteiger partial charge in [-0.3, -0.25) is 4.68 Å². The molecule has 0 saturated heterocycles. The van der Waals surface area contributed by atoms with Crippen LogP contribution in [0.1, 0.15) is 30.6 Å². The normalized spacial score (nSPS) is 10.9. The number of aromatic nitrogens is 2. The molecule has 0 unspecified atom stereocenters. The van der Waals surface area contributed by atoms with Gasteiger partial charge in [0.2, 0.25) is 0 Å². The van der Waals surface area contributed by atoms with Gasteiger partial charge in [-0.2, -0.15) is 5.10 Å². The molecule has 1 aromatic rings. The van der Waals surface area contributed by atoms with E-state index in [-0.39, 0.29) is 5.56 Å². The third-order valence-corrected chi connectivity index (χ3v) is 2.18. The van der Waals surface area contributed by atoms with Crippen LogP contribution in [-0.4, -0.2) is 34.1 Å². The van der Waals surface area contributed by atoms with Crippen molar-refractivity contribution in [1.82, 2.24) is 9.78 Å². The van der Waals surface area contributed by atoms with Gasteiger partial charge in [0, 0.05) is 12.8 Å². The Morgan fingerprint density at radius 2 is 2.31 bits per heavy atom. The third kappa shape index (κ3) is 4.44. The molecule has 1 N–H and O–H groups in total. The van der Waals surface area contributed by atoms with Gasteiger partial charge >= 0.3 is 5.97 Å². The van der Waals surface area contributed by atoms with Crippen LogP contribution in [0.25, 0.3) is 0 Å². The summed E-state index contributed by atoms with van der Waals surface area (Å²) in [5, 5.41) is 12.6. The molecule has 1 rings (SSSR count). The van der Waals surface area contributed by atoms with E-state index in [1.807, 2.05) is 0 Å². The SMILES string of the molecule is CC(C)CCOCCn1cc(C(=O)O)cn1. The van der Waals surface area contributed by atoms with Gasteiger partial charge in [0.15, 0.2) is 0 Å². The fourth-order valence-electron chi connectivity index (χ4n) is 1.18. The first kappa shape index (κ1) is 12.7. The maximum absolute atomic E-state index is 10.6. The quantitative estimate of drug-likeness (QED) is 0.718. The van der Waals surface area contributed by atoms with E-state index in [0.717, 1.165) is 13.0 Å². The van der Waals surface area contributed by atoms with Crippen LogP contribution in [0.15, 0.2) is 12.4 Å². The lowest BCUT2D eigenvalue weighted by molar-refractivity contribution is 0.0696. The molecule has 1 aromatic heterocycles. The summed E-state index contributed by atoms with van der Waals surface area (Å²) in [5.74, 6) is -0.310. The lowest BCUT2D eigenvalue weighted by Gasteiger charge is -2.06. The Labute approximate surface area is 95.0 Å². The summed E-state index contributed by atoms with van der Waals surface area (Å²) < 4.78 is 6.99. The van der Waals surface area contributed by atoms with Crippen molar-refractivity contribution in [3.8, 4) is 0 Å². The van der Waals surface area contributed by atoms with Gasteiger partial charge in [0.05, 0.1) is 24.9 Å². The van der Waals surface area contributed by atoms with E-state index in [1.54, 1.807) is 4.68 Å². The van der Waals surface area contributed by atoms with E-state index in [2.05, 4.69) is 18.9 Å². The molecular weight excluding hydrogens is 208 g/mol. The summed E-state index contributed by atoms with van der Waals surface area (Å²) in [5.41, 5.74) is 0.210. The Kier molecular flexibility index (Phi) is 4.98. The molecule has 0 aliphatic heterocycles. The second-order valence-electron chi connectivity index (χ2n) is 4.09. The topological polar surface area (TPSA) is 64.3 Å². The number of carboxylic acid groups (broad SMARTS) is 1. The van der Waals surface area contributed by atoms with Crippen molar-refractivity contribution in [3.63, 3.8) is 0 Å². The Morgan fingerprint density at radius 3 is 2.88 bits per heavy atom. The maximum Gasteiger partial charge on any atom is 0.338 e. The van der Waals surface area contributed by atoms with Gasteiger partial charge in [0.1, 0.15) is 0 Å². The van der Waals surface area contributed by atoms with Crippen LogP contribution in [0.5, 0.6) is 0 Å². The highest BCUT2D eigenvalue weighted by Crippen LogP contribution is 2.00. The second kappa shape index (κ2) is 6.27. The minimum atomic E-state index is -0.952. The van der Waals surface area contributed by atoms with E-state index in [1.165, 1.54) is 12.4 Å². The average Bonchev–Trinajstić information content (AvgIpc) is 2.65. The van der Waals surface area contributed by atoms with E-state index >= 15 is 0 Å². The Balaban J connectivity index is 2.19. The fourth-order valence-corrected chi connectivity index (χ4v) is 1.18. The van der Waals surface area contributed by atoms with Crippen molar-refractivity contribution in [2.45, 2.75) is 26.8 Å². The number of hydrogen-bond donors (Lipinski definition) is 1. The van der Waals surface area contributed by atoms with E-state index in [4.69, 9.17) is 9.84 Å². The minimum absolute atomic E-state index is 0.210. The summed E-state index contributed by atoms with van der Waals surface area (Å²) in [4.78, 5) is 10.6. The molecule has 0 saturated carbocycles. The lowest BCUT2D eigenvalue weighted by atomic mass is 10.1. The van der Waals surface area contributed by atoms with Crippen LogP contribution in [0.4, 0.5) is 0 Å². The van der Waals surface area contributed by atoms with Crippen molar-refractivity contribution >= 4 is 5.97 Å². The summed E-state index contributed by atoms with van der Waals surface area (Å²) in [7, 11) is 0. The Hall–Kier alpha value is -1.36. The molecule has 90 valence electrons. The monoisotopic (exact) mass is 226 g/mol. The maximum atomic E-state index is 10.6. The molecule has 0 spiro atoms. The van der Waals surface area contributed by atoms with Crippen LogP contribution < -0.4 is 0 Å². The first-order chi connectivity index (χ1) is 7.59. The number of carboxylic acids is 1. The van der Waals surface area contributed by atoms with Crippen LogP contribution in [-0.2, 0) is 11.3 Å². The number of carbonyl (C=O) groups is 1. The first-order valence-electron chi connectivity index (χ1n) is 5.43. The number of nitrogens with zero attached hydrogens (tertiary/aromatic N) is 2. The molecule has 0 aliphatic rings. The average molecular weight is 226 g/mol. The highest BCUT2D eigenvalue weighted by molar-refractivity contribution is 5.86. The van der Waals surface area contributed by atoms with Gasteiger partial charge in [-0.25, -0.2) is 4.79 Å². The van der Waals surface area contributed by atoms with Crippen molar-refractivity contribution in [2.75, 3.05) is 13.2 Å². The summed E-state index contributed by atoms with van der Waals surface area (Å²) >= 11 is 0. The molecule has 0 bridgehead atoms. The molecule has 5 nitrogen and oxygen atoms in total. The molecule has 0 atom stereocenters. The van der Waals surface area contributed by atoms with E-state index in [9.17, 15) is 4.79 Å². The summed E-state index contributed by atoms with van der Waals surface area (Å²) in [6.07, 6.45) is 3.89. The summed E-state index contributed by atoms with van der Waals surface area (Å²) in [6.45, 7) is 6.19. The standard InChI is InChI=1S/C11H18N2O3/c1-9(2)3-5-16-6-4-13-8-10(7-12-13)11(14)15/h7-9H,3-6H2,1-2H3,(H,14,15).